The number of halogens is 2. The lowest BCUT2D eigenvalue weighted by atomic mass is 10.1. The third-order valence-corrected chi connectivity index (χ3v) is 4.80. The van der Waals surface area contributed by atoms with Crippen LogP contribution in [-0.4, -0.2) is 31.3 Å². The number of carbonyl (C=O) groups excluding carboxylic acids is 1. The Labute approximate surface area is 187 Å². The van der Waals surface area contributed by atoms with Crippen molar-refractivity contribution in [3.05, 3.63) is 75.8 Å². The van der Waals surface area contributed by atoms with Gasteiger partial charge in [-0.25, -0.2) is 9.97 Å². The summed E-state index contributed by atoms with van der Waals surface area (Å²) in [5.74, 6) is 1.01. The van der Waals surface area contributed by atoms with E-state index >= 15 is 0 Å². The Balaban J connectivity index is 1.61. The molecule has 10 heteroatoms. The van der Waals surface area contributed by atoms with Gasteiger partial charge in [-0.1, -0.05) is 36.4 Å². The van der Waals surface area contributed by atoms with Crippen LogP contribution in [0.15, 0.2) is 48.5 Å². The van der Waals surface area contributed by atoms with Crippen LogP contribution in [0.5, 0.6) is 5.75 Å². The fourth-order valence-corrected chi connectivity index (χ4v) is 3.25. The van der Waals surface area contributed by atoms with E-state index in [1.54, 1.807) is 36.4 Å². The third-order valence-electron chi connectivity index (χ3n) is 4.46. The van der Waals surface area contributed by atoms with Gasteiger partial charge in [0.15, 0.2) is 11.6 Å². The number of aldehydes is 1. The second-order valence-electron chi connectivity index (χ2n) is 6.61. The summed E-state index contributed by atoms with van der Waals surface area (Å²) in [4.78, 5) is 27.8. The molecule has 156 valence electrons. The lowest BCUT2D eigenvalue weighted by molar-refractivity contribution is 0.112. The number of fused-ring (bicyclic) bond motifs is 1. The summed E-state index contributed by atoms with van der Waals surface area (Å²) in [6.07, 6.45) is 0.792. The number of phenols is 1. The number of aromatic hydroxyl groups is 1. The molecular formula is C21H16Cl2N6O2. The fraction of sp³-hybridized carbons (Fsp3) is 0.0952. The molecule has 0 radical (unpaired) electrons. The molecule has 0 aliphatic rings. The Morgan fingerprint density at radius 3 is 1.65 bits per heavy atom. The summed E-state index contributed by atoms with van der Waals surface area (Å²) >= 11 is 12.3. The highest BCUT2D eigenvalue weighted by Crippen LogP contribution is 2.27. The van der Waals surface area contributed by atoms with Gasteiger partial charge in [0.2, 0.25) is 10.6 Å². The van der Waals surface area contributed by atoms with Crippen LogP contribution in [0.4, 0.5) is 11.6 Å². The molecule has 0 aliphatic carbocycles. The number of hydrogen-bond acceptors (Lipinski definition) is 8. The average molecular weight is 455 g/mol. The summed E-state index contributed by atoms with van der Waals surface area (Å²) in [5, 5.41) is 15.9. The van der Waals surface area contributed by atoms with Crippen molar-refractivity contribution in [1.29, 1.82) is 0 Å². The highest BCUT2D eigenvalue weighted by Gasteiger charge is 2.15. The van der Waals surface area contributed by atoms with E-state index in [9.17, 15) is 9.90 Å². The van der Waals surface area contributed by atoms with Gasteiger partial charge in [-0.3, -0.25) is 4.79 Å². The monoisotopic (exact) mass is 454 g/mol. The van der Waals surface area contributed by atoms with E-state index in [0.717, 1.165) is 17.4 Å². The van der Waals surface area contributed by atoms with Gasteiger partial charge in [-0.05, 0) is 46.5 Å². The zero-order valence-electron chi connectivity index (χ0n) is 16.0. The maximum atomic E-state index is 10.8. The van der Waals surface area contributed by atoms with Crippen LogP contribution in [0, 0.1) is 0 Å². The highest BCUT2D eigenvalue weighted by atomic mass is 35.5. The van der Waals surface area contributed by atoms with Crippen molar-refractivity contribution in [3.8, 4) is 5.75 Å². The van der Waals surface area contributed by atoms with Crippen molar-refractivity contribution in [1.82, 2.24) is 19.9 Å². The van der Waals surface area contributed by atoms with Crippen LogP contribution in [0.2, 0.25) is 10.6 Å². The number of nitrogens with zero attached hydrogens (tertiary/aromatic N) is 4. The highest BCUT2D eigenvalue weighted by molar-refractivity contribution is 6.30. The number of carbonyl (C=O) groups is 1. The molecule has 8 nitrogen and oxygen atoms in total. The zero-order chi connectivity index (χ0) is 21.8. The molecule has 0 saturated carbocycles. The minimum absolute atomic E-state index is 0.0323. The van der Waals surface area contributed by atoms with Crippen LogP contribution in [0.3, 0.4) is 0 Å². The van der Waals surface area contributed by atoms with Gasteiger partial charge in [0.05, 0.1) is 0 Å². The van der Waals surface area contributed by atoms with Crippen molar-refractivity contribution in [2.75, 3.05) is 10.6 Å². The molecule has 2 aromatic heterocycles. The van der Waals surface area contributed by atoms with Gasteiger partial charge in [0.25, 0.3) is 0 Å². The Morgan fingerprint density at radius 1 is 0.742 bits per heavy atom. The predicted molar refractivity (Wildman–Crippen MR) is 120 cm³/mol. The molecular weight excluding hydrogens is 439 g/mol. The van der Waals surface area contributed by atoms with Gasteiger partial charge < -0.3 is 15.7 Å². The smallest absolute Gasteiger partial charge is 0.225 e. The van der Waals surface area contributed by atoms with Crippen LogP contribution in [0.1, 0.15) is 21.5 Å². The normalized spacial score (nSPS) is 10.8. The molecule has 4 aromatic rings. The largest absolute Gasteiger partial charge is 0.508 e. The van der Waals surface area contributed by atoms with Gasteiger partial charge in [0, 0.05) is 18.7 Å². The Hall–Kier alpha value is -3.49. The average Bonchev–Trinajstić information content (AvgIpc) is 2.77. The van der Waals surface area contributed by atoms with E-state index in [0.29, 0.717) is 41.3 Å². The number of benzene rings is 2. The molecule has 31 heavy (non-hydrogen) atoms. The van der Waals surface area contributed by atoms with E-state index in [4.69, 9.17) is 23.2 Å². The summed E-state index contributed by atoms with van der Waals surface area (Å²) in [6, 6.07) is 13.9. The third kappa shape index (κ3) is 4.99. The molecule has 0 bridgehead atoms. The van der Waals surface area contributed by atoms with Crippen molar-refractivity contribution in [3.63, 3.8) is 0 Å². The maximum Gasteiger partial charge on any atom is 0.225 e. The number of hydrogen-bond donors (Lipinski definition) is 3. The quantitative estimate of drug-likeness (QED) is 0.276. The Morgan fingerprint density at radius 2 is 1.19 bits per heavy atom. The standard InChI is InChI=1S/C21H16Cl2N6O2/c22-20-27-17-16(18(28-20)24-9-12-1-3-14(11-30)4-2-12)26-21(23)29-19(17)25-10-13-5-7-15(31)8-6-13/h1-8,11,31H,9-10H2,(H,24,27,28)(H,25,26,29). The molecule has 0 aliphatic heterocycles. The Bertz CT molecular complexity index is 1230. The minimum atomic E-state index is 0.0323. The summed E-state index contributed by atoms with van der Waals surface area (Å²) in [6.45, 7) is 0.857. The molecule has 0 unspecified atom stereocenters. The summed E-state index contributed by atoms with van der Waals surface area (Å²) in [7, 11) is 0. The topological polar surface area (TPSA) is 113 Å². The molecule has 0 saturated heterocycles. The second-order valence-corrected chi connectivity index (χ2v) is 7.29. The zero-order valence-corrected chi connectivity index (χ0v) is 17.5. The first-order valence-corrected chi connectivity index (χ1v) is 9.98. The van der Waals surface area contributed by atoms with Crippen molar-refractivity contribution in [2.45, 2.75) is 13.1 Å². The van der Waals surface area contributed by atoms with E-state index < -0.39 is 0 Å². The molecule has 2 aromatic carbocycles. The molecule has 0 atom stereocenters. The molecule has 0 amide bonds. The number of nitrogens with one attached hydrogen (secondary N) is 2. The van der Waals surface area contributed by atoms with E-state index in [-0.39, 0.29) is 16.3 Å². The van der Waals surface area contributed by atoms with Crippen LogP contribution >= 0.6 is 23.2 Å². The lowest BCUT2D eigenvalue weighted by Gasteiger charge is -2.12. The van der Waals surface area contributed by atoms with Gasteiger partial charge >= 0.3 is 0 Å². The van der Waals surface area contributed by atoms with Gasteiger partial charge in [-0.15, -0.1) is 0 Å². The van der Waals surface area contributed by atoms with E-state index in [2.05, 4.69) is 30.6 Å². The number of phenolic OH excluding ortho intramolecular Hbond substituents is 1. The molecule has 0 spiro atoms. The SMILES string of the molecule is O=Cc1ccc(CNc2nc(Cl)nc3c(NCc4ccc(O)cc4)nc(Cl)nc23)cc1. The second kappa shape index (κ2) is 9.11. The maximum absolute atomic E-state index is 10.8. The van der Waals surface area contributed by atoms with Crippen molar-refractivity contribution < 1.29 is 9.90 Å². The van der Waals surface area contributed by atoms with E-state index in [1.165, 1.54) is 0 Å². The predicted octanol–water partition coefficient (Wildman–Crippen LogP) is 4.47. The summed E-state index contributed by atoms with van der Waals surface area (Å²) in [5.41, 5.74) is 3.31. The molecule has 3 N–H and O–H groups in total. The van der Waals surface area contributed by atoms with Crippen LogP contribution in [-0.2, 0) is 13.1 Å². The van der Waals surface area contributed by atoms with Gasteiger partial charge in [-0.2, -0.15) is 9.97 Å². The molecule has 4 rings (SSSR count). The minimum Gasteiger partial charge on any atom is -0.508 e. The number of aromatic nitrogens is 4. The Kier molecular flexibility index (Phi) is 6.11. The summed E-state index contributed by atoms with van der Waals surface area (Å²) < 4.78 is 0. The molecule has 0 fully saturated rings. The first-order valence-electron chi connectivity index (χ1n) is 9.22. The van der Waals surface area contributed by atoms with Gasteiger partial charge in [0.1, 0.15) is 23.1 Å². The molecule has 2 heterocycles. The number of anilines is 2. The lowest BCUT2D eigenvalue weighted by Crippen LogP contribution is -2.08. The van der Waals surface area contributed by atoms with Crippen molar-refractivity contribution >= 4 is 52.2 Å². The van der Waals surface area contributed by atoms with Crippen molar-refractivity contribution in [2.24, 2.45) is 0 Å². The fourth-order valence-electron chi connectivity index (χ4n) is 2.91. The first-order chi connectivity index (χ1) is 15.0. The van der Waals surface area contributed by atoms with Crippen LogP contribution in [0.25, 0.3) is 11.0 Å². The number of rotatable bonds is 7. The van der Waals surface area contributed by atoms with Crippen LogP contribution < -0.4 is 10.6 Å². The first kappa shape index (κ1) is 20.8. The van der Waals surface area contributed by atoms with E-state index in [1.807, 2.05) is 12.1 Å².